The zero-order chi connectivity index (χ0) is 16.5. The van der Waals surface area contributed by atoms with Gasteiger partial charge in [-0.25, -0.2) is 0 Å². The number of ether oxygens (including phenoxy) is 1. The molecule has 2 aromatic rings. The van der Waals surface area contributed by atoms with E-state index in [0.29, 0.717) is 0 Å². The van der Waals surface area contributed by atoms with Crippen LogP contribution in [-0.2, 0) is 13.0 Å². The van der Waals surface area contributed by atoms with E-state index in [-0.39, 0.29) is 11.9 Å². The van der Waals surface area contributed by atoms with E-state index in [1.54, 1.807) is 7.11 Å². The van der Waals surface area contributed by atoms with Crippen LogP contribution in [0.15, 0.2) is 48.5 Å². The first-order valence-corrected chi connectivity index (χ1v) is 8.49. The number of hydrogen-bond acceptors (Lipinski definition) is 3. The molecule has 1 fully saturated rings. The molecule has 4 nitrogen and oxygen atoms in total. The molecular weight excluding hydrogens is 300 g/mol. The molecule has 2 heterocycles. The van der Waals surface area contributed by atoms with Gasteiger partial charge in [0.25, 0.3) is 5.91 Å². The summed E-state index contributed by atoms with van der Waals surface area (Å²) in [5.41, 5.74) is 3.28. The molecule has 1 amide bonds. The molecule has 0 aromatic heterocycles. The van der Waals surface area contributed by atoms with Crippen molar-refractivity contribution in [3.8, 4) is 5.75 Å². The van der Waals surface area contributed by atoms with E-state index < -0.39 is 0 Å². The highest BCUT2D eigenvalue weighted by Gasteiger charge is 2.36. The van der Waals surface area contributed by atoms with Gasteiger partial charge in [-0.15, -0.1) is 0 Å². The molecule has 4 rings (SSSR count). The second kappa shape index (κ2) is 6.29. The van der Waals surface area contributed by atoms with Crippen molar-refractivity contribution >= 4 is 5.91 Å². The van der Waals surface area contributed by atoms with Gasteiger partial charge in [0.1, 0.15) is 5.75 Å². The Morgan fingerprint density at radius 3 is 2.75 bits per heavy atom. The van der Waals surface area contributed by atoms with E-state index in [1.807, 2.05) is 24.3 Å². The molecule has 2 aromatic carbocycles. The van der Waals surface area contributed by atoms with E-state index in [2.05, 4.69) is 34.1 Å². The number of hydrogen-bond donors (Lipinski definition) is 0. The molecule has 1 saturated heterocycles. The maximum atomic E-state index is 12.8. The topological polar surface area (TPSA) is 32.8 Å². The Labute approximate surface area is 142 Å². The van der Waals surface area contributed by atoms with Crippen LogP contribution >= 0.6 is 0 Å². The lowest BCUT2D eigenvalue weighted by molar-refractivity contribution is 0.0401. The number of rotatable bonds is 3. The average Bonchev–Trinajstić information content (AvgIpc) is 2.62. The van der Waals surface area contributed by atoms with Gasteiger partial charge in [-0.3, -0.25) is 9.69 Å². The van der Waals surface area contributed by atoms with Gasteiger partial charge in [0.2, 0.25) is 0 Å². The number of carbonyl (C=O) groups is 1. The largest absolute Gasteiger partial charge is 0.497 e. The number of piperazine rings is 1. The molecule has 1 atom stereocenters. The first kappa shape index (κ1) is 15.2. The smallest absolute Gasteiger partial charge is 0.254 e. The lowest BCUT2D eigenvalue weighted by Crippen LogP contribution is -2.57. The molecule has 0 N–H and O–H groups in total. The van der Waals surface area contributed by atoms with Crippen LogP contribution in [0.3, 0.4) is 0 Å². The molecule has 124 valence electrons. The first-order chi connectivity index (χ1) is 11.7. The van der Waals surface area contributed by atoms with Gasteiger partial charge >= 0.3 is 0 Å². The summed E-state index contributed by atoms with van der Waals surface area (Å²) in [6.07, 6.45) is 0.906. The summed E-state index contributed by atoms with van der Waals surface area (Å²) in [5, 5.41) is 0. The average molecular weight is 322 g/mol. The van der Waals surface area contributed by atoms with E-state index in [9.17, 15) is 4.79 Å². The van der Waals surface area contributed by atoms with Gasteiger partial charge in [0.15, 0.2) is 0 Å². The highest BCUT2D eigenvalue weighted by Crippen LogP contribution is 2.29. The Morgan fingerprint density at radius 1 is 1.12 bits per heavy atom. The number of carbonyl (C=O) groups excluding carboxylic acids is 1. The number of benzene rings is 2. The first-order valence-electron chi connectivity index (χ1n) is 8.49. The molecule has 24 heavy (non-hydrogen) atoms. The minimum absolute atomic E-state index is 0.170. The van der Waals surface area contributed by atoms with Crippen LogP contribution in [0.5, 0.6) is 5.75 Å². The van der Waals surface area contributed by atoms with Gasteiger partial charge in [0, 0.05) is 37.8 Å². The zero-order valence-electron chi connectivity index (χ0n) is 13.9. The van der Waals surface area contributed by atoms with Crippen molar-refractivity contribution in [2.75, 3.05) is 26.7 Å². The lowest BCUT2D eigenvalue weighted by Gasteiger charge is -2.44. The van der Waals surface area contributed by atoms with Crippen LogP contribution in [0, 0.1) is 0 Å². The molecule has 2 aliphatic rings. The van der Waals surface area contributed by atoms with Gasteiger partial charge in [-0.05, 0) is 35.7 Å². The Morgan fingerprint density at radius 2 is 1.96 bits per heavy atom. The van der Waals surface area contributed by atoms with Gasteiger partial charge in [0.05, 0.1) is 7.11 Å². The minimum atomic E-state index is 0.170. The van der Waals surface area contributed by atoms with Gasteiger partial charge in [-0.2, -0.15) is 0 Å². The zero-order valence-corrected chi connectivity index (χ0v) is 13.9. The van der Waals surface area contributed by atoms with Crippen LogP contribution in [0.25, 0.3) is 0 Å². The third-order valence-corrected chi connectivity index (χ3v) is 5.08. The van der Waals surface area contributed by atoms with Crippen LogP contribution in [0.2, 0.25) is 0 Å². The van der Waals surface area contributed by atoms with Crippen molar-refractivity contribution in [3.63, 3.8) is 0 Å². The number of nitrogens with zero attached hydrogens (tertiary/aromatic N) is 2. The molecule has 0 saturated carbocycles. The van der Waals surface area contributed by atoms with E-state index in [0.717, 1.165) is 49.5 Å². The molecule has 0 radical (unpaired) electrons. The predicted octanol–water partition coefficient (Wildman–Crippen LogP) is 2.58. The summed E-state index contributed by atoms with van der Waals surface area (Å²) in [4.78, 5) is 17.3. The van der Waals surface area contributed by atoms with Crippen molar-refractivity contribution in [2.45, 2.75) is 19.0 Å². The van der Waals surface area contributed by atoms with E-state index >= 15 is 0 Å². The summed E-state index contributed by atoms with van der Waals surface area (Å²) < 4.78 is 5.32. The molecule has 0 aliphatic carbocycles. The summed E-state index contributed by atoms with van der Waals surface area (Å²) in [7, 11) is 1.67. The third kappa shape index (κ3) is 2.78. The highest BCUT2D eigenvalue weighted by molar-refractivity contribution is 5.97. The van der Waals surface area contributed by atoms with Crippen LogP contribution in [0.1, 0.15) is 21.5 Å². The van der Waals surface area contributed by atoms with Gasteiger partial charge in [-0.1, -0.05) is 30.3 Å². The maximum absolute atomic E-state index is 12.8. The normalized spacial score (nSPS) is 20.5. The SMILES string of the molecule is COc1ccc2c(c1)CC1CN(Cc3ccccc3)CCN1C2=O. The lowest BCUT2D eigenvalue weighted by atomic mass is 9.91. The van der Waals surface area contributed by atoms with Crippen LogP contribution < -0.4 is 4.74 Å². The Kier molecular flexibility index (Phi) is 3.98. The minimum Gasteiger partial charge on any atom is -0.497 e. The van der Waals surface area contributed by atoms with E-state index in [1.165, 1.54) is 5.56 Å². The van der Waals surface area contributed by atoms with Crippen molar-refractivity contribution in [1.82, 2.24) is 9.80 Å². The summed E-state index contributed by atoms with van der Waals surface area (Å²) in [5.74, 6) is 0.996. The summed E-state index contributed by atoms with van der Waals surface area (Å²) in [6.45, 7) is 3.62. The molecular formula is C20H22N2O2. The number of methoxy groups -OCH3 is 1. The highest BCUT2D eigenvalue weighted by atomic mass is 16.5. The summed E-state index contributed by atoms with van der Waals surface area (Å²) >= 11 is 0. The molecule has 1 unspecified atom stereocenters. The van der Waals surface area contributed by atoms with E-state index in [4.69, 9.17) is 4.74 Å². The van der Waals surface area contributed by atoms with Crippen molar-refractivity contribution in [2.24, 2.45) is 0 Å². The van der Waals surface area contributed by atoms with Crippen molar-refractivity contribution < 1.29 is 9.53 Å². The second-order valence-corrected chi connectivity index (χ2v) is 6.60. The predicted molar refractivity (Wildman–Crippen MR) is 93.2 cm³/mol. The Hall–Kier alpha value is -2.33. The summed E-state index contributed by atoms with van der Waals surface area (Å²) in [6, 6.07) is 16.6. The Balaban J connectivity index is 1.52. The van der Waals surface area contributed by atoms with Crippen molar-refractivity contribution in [1.29, 1.82) is 0 Å². The third-order valence-electron chi connectivity index (χ3n) is 5.08. The molecule has 0 bridgehead atoms. The number of fused-ring (bicyclic) bond motifs is 2. The van der Waals surface area contributed by atoms with Gasteiger partial charge < -0.3 is 9.64 Å². The molecule has 4 heteroatoms. The quantitative estimate of drug-likeness (QED) is 0.871. The second-order valence-electron chi connectivity index (χ2n) is 6.60. The maximum Gasteiger partial charge on any atom is 0.254 e. The monoisotopic (exact) mass is 322 g/mol. The van der Waals surface area contributed by atoms with Crippen molar-refractivity contribution in [3.05, 3.63) is 65.2 Å². The fourth-order valence-corrected chi connectivity index (χ4v) is 3.83. The number of amides is 1. The van der Waals surface area contributed by atoms with Crippen LogP contribution in [0.4, 0.5) is 0 Å². The Bertz CT molecular complexity index is 745. The fourth-order valence-electron chi connectivity index (χ4n) is 3.83. The van der Waals surface area contributed by atoms with Crippen LogP contribution in [-0.4, -0.2) is 48.5 Å². The molecule has 0 spiro atoms. The molecule has 2 aliphatic heterocycles. The standard InChI is InChI=1S/C20H22N2O2/c1-24-18-7-8-19-16(12-18)11-17-14-21(9-10-22(17)20(19)23)13-15-5-3-2-4-6-15/h2-8,12,17H,9-11,13-14H2,1H3. The fraction of sp³-hybridized carbons (Fsp3) is 0.350.